The molecule has 3 aromatic rings. The van der Waals surface area contributed by atoms with Crippen LogP contribution in [0.3, 0.4) is 0 Å². The maximum absolute atomic E-state index is 14.5. The second kappa shape index (κ2) is 7.89. The quantitative estimate of drug-likeness (QED) is 0.550. The van der Waals surface area contributed by atoms with Crippen molar-refractivity contribution in [3.63, 3.8) is 0 Å². The van der Waals surface area contributed by atoms with E-state index in [9.17, 15) is 9.18 Å². The zero-order valence-corrected chi connectivity index (χ0v) is 16.2. The summed E-state index contributed by atoms with van der Waals surface area (Å²) in [5.41, 5.74) is 1.79. The first-order valence-electron chi connectivity index (χ1n) is 8.86. The van der Waals surface area contributed by atoms with Crippen molar-refractivity contribution in [2.75, 3.05) is 12.0 Å². The average Bonchev–Trinajstić information content (AvgIpc) is 3.05. The van der Waals surface area contributed by atoms with Crippen LogP contribution in [0.4, 0.5) is 10.1 Å². The first-order chi connectivity index (χ1) is 14.1. The van der Waals surface area contributed by atoms with Gasteiger partial charge >= 0.3 is 0 Å². The molecule has 144 valence electrons. The highest BCUT2D eigenvalue weighted by Crippen LogP contribution is 2.29. The maximum Gasteiger partial charge on any atom is 0.282 e. The summed E-state index contributed by atoms with van der Waals surface area (Å²) < 4.78 is 19.6. The maximum atomic E-state index is 14.5. The summed E-state index contributed by atoms with van der Waals surface area (Å²) in [4.78, 5) is 19.0. The standard InChI is InChI=1S/C23H16ClFN2O2/c1-29-18-12-6-15(7-13-18)14-21-23(28)27(17-10-8-16(24)9-11-17)22(26-21)19-4-2-3-5-20(19)25/h2-14H,1H3/b21-14+. The van der Waals surface area contributed by atoms with Gasteiger partial charge in [0.15, 0.2) is 5.84 Å². The van der Waals surface area contributed by atoms with E-state index >= 15 is 0 Å². The fraction of sp³-hybridized carbons (Fsp3) is 0.0435. The molecule has 0 aromatic heterocycles. The van der Waals surface area contributed by atoms with Gasteiger partial charge in [-0.05, 0) is 60.2 Å². The van der Waals surface area contributed by atoms with Crippen LogP contribution in [0.25, 0.3) is 6.08 Å². The molecule has 0 unspecified atom stereocenters. The number of amides is 1. The highest BCUT2D eigenvalue weighted by Gasteiger charge is 2.33. The first kappa shape index (κ1) is 18.9. The molecule has 1 aliphatic rings. The molecular formula is C23H16ClFN2O2. The molecule has 0 saturated carbocycles. The van der Waals surface area contributed by atoms with Crippen molar-refractivity contribution < 1.29 is 13.9 Å². The van der Waals surface area contributed by atoms with Crippen molar-refractivity contribution >= 4 is 35.1 Å². The number of ether oxygens (including phenoxy) is 1. The number of aliphatic imine (C=N–C) groups is 1. The van der Waals surface area contributed by atoms with Gasteiger partial charge < -0.3 is 4.74 Å². The smallest absolute Gasteiger partial charge is 0.282 e. The first-order valence-corrected chi connectivity index (χ1v) is 9.24. The molecule has 0 fully saturated rings. The molecule has 0 N–H and O–H groups in total. The van der Waals surface area contributed by atoms with Crippen LogP contribution in [0, 0.1) is 5.82 Å². The second-order valence-electron chi connectivity index (χ2n) is 6.33. The minimum absolute atomic E-state index is 0.211. The molecule has 0 aliphatic carbocycles. The minimum Gasteiger partial charge on any atom is -0.497 e. The molecule has 0 atom stereocenters. The van der Waals surface area contributed by atoms with Crippen LogP contribution in [0.2, 0.25) is 5.02 Å². The number of benzene rings is 3. The summed E-state index contributed by atoms with van der Waals surface area (Å²) in [6, 6.07) is 20.2. The average molecular weight is 407 g/mol. The van der Waals surface area contributed by atoms with Gasteiger partial charge in [0.25, 0.3) is 5.91 Å². The molecule has 3 aromatic carbocycles. The van der Waals surface area contributed by atoms with Crippen molar-refractivity contribution in [2.24, 2.45) is 4.99 Å². The van der Waals surface area contributed by atoms with E-state index in [1.807, 2.05) is 12.1 Å². The van der Waals surface area contributed by atoms with Crippen LogP contribution in [-0.2, 0) is 4.79 Å². The van der Waals surface area contributed by atoms with Crippen molar-refractivity contribution in [1.82, 2.24) is 0 Å². The Balaban J connectivity index is 1.81. The van der Waals surface area contributed by atoms with Gasteiger partial charge in [-0.15, -0.1) is 0 Å². The third-order valence-electron chi connectivity index (χ3n) is 4.48. The molecule has 0 bridgehead atoms. The summed E-state index contributed by atoms with van der Waals surface area (Å²) in [6.07, 6.45) is 1.67. The Kier molecular flexibility index (Phi) is 5.14. The lowest BCUT2D eigenvalue weighted by molar-refractivity contribution is -0.113. The number of hydrogen-bond donors (Lipinski definition) is 0. The van der Waals surface area contributed by atoms with Crippen LogP contribution in [0.1, 0.15) is 11.1 Å². The van der Waals surface area contributed by atoms with E-state index in [2.05, 4.69) is 4.99 Å². The van der Waals surface area contributed by atoms with Gasteiger partial charge in [0.2, 0.25) is 0 Å². The van der Waals surface area contributed by atoms with E-state index in [1.165, 1.54) is 11.0 Å². The zero-order chi connectivity index (χ0) is 20.4. The Morgan fingerprint density at radius 3 is 2.34 bits per heavy atom. The van der Waals surface area contributed by atoms with E-state index in [0.29, 0.717) is 16.5 Å². The van der Waals surface area contributed by atoms with E-state index < -0.39 is 5.82 Å². The predicted octanol–water partition coefficient (Wildman–Crippen LogP) is 5.32. The molecule has 1 amide bonds. The van der Waals surface area contributed by atoms with Gasteiger partial charge in [-0.3, -0.25) is 9.69 Å². The van der Waals surface area contributed by atoms with E-state index in [-0.39, 0.29) is 23.0 Å². The van der Waals surface area contributed by atoms with Gasteiger partial charge in [0, 0.05) is 5.02 Å². The number of carbonyl (C=O) groups is 1. The molecule has 6 heteroatoms. The normalized spacial score (nSPS) is 15.0. The van der Waals surface area contributed by atoms with E-state index in [1.54, 1.807) is 67.8 Å². The van der Waals surface area contributed by atoms with Crippen molar-refractivity contribution in [3.8, 4) is 5.75 Å². The van der Waals surface area contributed by atoms with Crippen LogP contribution in [0.5, 0.6) is 5.75 Å². The highest BCUT2D eigenvalue weighted by molar-refractivity contribution is 6.34. The van der Waals surface area contributed by atoms with E-state index in [0.717, 1.165) is 5.56 Å². The summed E-state index contributed by atoms with van der Waals surface area (Å²) in [7, 11) is 1.59. The topological polar surface area (TPSA) is 41.9 Å². The molecule has 29 heavy (non-hydrogen) atoms. The molecule has 0 saturated heterocycles. The number of nitrogens with zero attached hydrogens (tertiary/aromatic N) is 2. The largest absolute Gasteiger partial charge is 0.497 e. The summed E-state index contributed by atoms with van der Waals surface area (Å²) >= 11 is 5.98. The van der Waals surface area contributed by atoms with Crippen LogP contribution in [-0.4, -0.2) is 18.9 Å². The lowest BCUT2D eigenvalue weighted by Gasteiger charge is -2.18. The predicted molar refractivity (Wildman–Crippen MR) is 113 cm³/mol. The van der Waals surface area contributed by atoms with Crippen LogP contribution in [0.15, 0.2) is 83.5 Å². The summed E-state index contributed by atoms with van der Waals surface area (Å²) in [6.45, 7) is 0. The Bertz CT molecular complexity index is 1120. The molecule has 1 aliphatic heterocycles. The van der Waals surface area contributed by atoms with Gasteiger partial charge in [-0.2, -0.15) is 0 Å². The highest BCUT2D eigenvalue weighted by atomic mass is 35.5. The second-order valence-corrected chi connectivity index (χ2v) is 6.77. The third-order valence-corrected chi connectivity index (χ3v) is 4.73. The Morgan fingerprint density at radius 2 is 1.69 bits per heavy atom. The number of halogens is 2. The number of anilines is 1. The molecule has 1 heterocycles. The lowest BCUT2D eigenvalue weighted by Crippen LogP contribution is -2.33. The van der Waals surface area contributed by atoms with Gasteiger partial charge in [0.1, 0.15) is 17.3 Å². The number of amidine groups is 1. The number of rotatable bonds is 4. The van der Waals surface area contributed by atoms with Gasteiger partial charge in [0.05, 0.1) is 18.4 Å². The number of hydrogen-bond acceptors (Lipinski definition) is 3. The SMILES string of the molecule is COc1ccc(/C=C2/N=C(c3ccccc3F)N(c3ccc(Cl)cc3)C2=O)cc1. The van der Waals surface area contributed by atoms with Gasteiger partial charge in [-0.1, -0.05) is 35.9 Å². The summed E-state index contributed by atoms with van der Waals surface area (Å²) in [5.74, 6) is 0.142. The fourth-order valence-electron chi connectivity index (χ4n) is 3.03. The number of carbonyl (C=O) groups excluding carboxylic acids is 1. The Morgan fingerprint density at radius 1 is 1.00 bits per heavy atom. The monoisotopic (exact) mass is 406 g/mol. The number of methoxy groups -OCH3 is 1. The van der Waals surface area contributed by atoms with Crippen molar-refractivity contribution in [1.29, 1.82) is 0 Å². The van der Waals surface area contributed by atoms with Gasteiger partial charge in [-0.25, -0.2) is 9.38 Å². The molecule has 0 spiro atoms. The minimum atomic E-state index is -0.455. The van der Waals surface area contributed by atoms with Crippen molar-refractivity contribution in [2.45, 2.75) is 0 Å². The van der Waals surface area contributed by atoms with E-state index in [4.69, 9.17) is 16.3 Å². The van der Waals surface area contributed by atoms with Crippen molar-refractivity contribution in [3.05, 3.63) is 100 Å². The fourth-order valence-corrected chi connectivity index (χ4v) is 3.15. The zero-order valence-electron chi connectivity index (χ0n) is 15.5. The van der Waals surface area contributed by atoms with Crippen LogP contribution >= 0.6 is 11.6 Å². The molecule has 4 nitrogen and oxygen atoms in total. The molecular weight excluding hydrogens is 391 g/mol. The third kappa shape index (κ3) is 3.77. The Hall–Kier alpha value is -3.44. The Labute approximate surface area is 172 Å². The summed E-state index contributed by atoms with van der Waals surface area (Å²) in [5, 5.41) is 0.541. The lowest BCUT2D eigenvalue weighted by atomic mass is 10.1. The molecule has 0 radical (unpaired) electrons. The van der Waals surface area contributed by atoms with Crippen LogP contribution < -0.4 is 9.64 Å². The molecule has 4 rings (SSSR count).